The Kier molecular flexibility index (Phi) is 5.61. The van der Waals surface area contributed by atoms with Gasteiger partial charge in [0.2, 0.25) is 0 Å². The van der Waals surface area contributed by atoms with Crippen LogP contribution in [0, 0.1) is 5.92 Å². The molecule has 118 valence electrons. The Hall–Kier alpha value is -1.11. The van der Waals surface area contributed by atoms with Gasteiger partial charge >= 0.3 is 0 Å². The van der Waals surface area contributed by atoms with Gasteiger partial charge in [-0.15, -0.1) is 11.3 Å². The molecule has 0 saturated heterocycles. The van der Waals surface area contributed by atoms with E-state index in [0.29, 0.717) is 5.92 Å². The highest BCUT2D eigenvalue weighted by Crippen LogP contribution is 2.24. The van der Waals surface area contributed by atoms with Gasteiger partial charge in [-0.3, -0.25) is 4.40 Å². The van der Waals surface area contributed by atoms with Gasteiger partial charge in [-0.05, 0) is 25.8 Å². The second-order valence-corrected chi connectivity index (χ2v) is 6.89. The van der Waals surface area contributed by atoms with Crippen molar-refractivity contribution in [2.75, 3.05) is 25.0 Å². The third kappa shape index (κ3) is 4.18. The molecule has 2 heterocycles. The van der Waals surface area contributed by atoms with Crippen LogP contribution in [0.25, 0.3) is 4.96 Å². The van der Waals surface area contributed by atoms with Crippen molar-refractivity contribution in [2.24, 2.45) is 5.92 Å². The van der Waals surface area contributed by atoms with Crippen LogP contribution in [0.3, 0.4) is 0 Å². The van der Waals surface area contributed by atoms with E-state index in [4.69, 9.17) is 4.98 Å². The molecule has 0 radical (unpaired) electrons. The Morgan fingerprint density at radius 1 is 1.43 bits per heavy atom. The van der Waals surface area contributed by atoms with Crippen LogP contribution in [0.15, 0.2) is 11.6 Å². The number of imidazole rings is 1. The maximum Gasteiger partial charge on any atom is 0.195 e. The molecule has 2 aromatic rings. The van der Waals surface area contributed by atoms with Crippen LogP contribution < -0.4 is 10.2 Å². The summed E-state index contributed by atoms with van der Waals surface area (Å²) in [6.45, 7) is 8.85. The second-order valence-electron chi connectivity index (χ2n) is 6.02. The average Bonchev–Trinajstić information content (AvgIpc) is 2.97. The molecule has 0 aliphatic rings. The van der Waals surface area contributed by atoms with E-state index in [9.17, 15) is 5.11 Å². The number of aliphatic hydroxyl groups is 1. The average molecular weight is 310 g/mol. The minimum Gasteiger partial charge on any atom is -0.393 e. The molecular formula is C15H26N4OS. The first-order chi connectivity index (χ1) is 9.99. The molecule has 0 amide bonds. The fraction of sp³-hybridized carbons (Fsp3) is 0.667. The fourth-order valence-corrected chi connectivity index (χ4v) is 2.98. The molecule has 0 spiro atoms. The van der Waals surface area contributed by atoms with Gasteiger partial charge in [-0.25, -0.2) is 4.98 Å². The van der Waals surface area contributed by atoms with Gasteiger partial charge in [0.05, 0.1) is 11.8 Å². The Morgan fingerprint density at radius 2 is 2.19 bits per heavy atom. The van der Waals surface area contributed by atoms with Crippen LogP contribution in [0.5, 0.6) is 0 Å². The summed E-state index contributed by atoms with van der Waals surface area (Å²) in [5.74, 6) is 1.64. The number of aliphatic hydroxyl groups excluding tert-OH is 1. The molecule has 0 aliphatic heterocycles. The zero-order valence-electron chi connectivity index (χ0n) is 13.3. The Bertz CT molecular complexity index is 561. The lowest BCUT2D eigenvalue weighted by Gasteiger charge is -2.19. The van der Waals surface area contributed by atoms with Gasteiger partial charge in [0.1, 0.15) is 0 Å². The van der Waals surface area contributed by atoms with E-state index in [2.05, 4.69) is 40.0 Å². The Balaban J connectivity index is 2.15. The minimum absolute atomic E-state index is 0.279. The highest BCUT2D eigenvalue weighted by atomic mass is 32.1. The number of nitrogens with one attached hydrogen (secondary N) is 1. The van der Waals surface area contributed by atoms with Gasteiger partial charge < -0.3 is 15.3 Å². The summed E-state index contributed by atoms with van der Waals surface area (Å²) in [6, 6.07) is 0. The number of aromatic nitrogens is 2. The van der Waals surface area contributed by atoms with Crippen LogP contribution in [0.4, 0.5) is 5.82 Å². The van der Waals surface area contributed by atoms with E-state index >= 15 is 0 Å². The van der Waals surface area contributed by atoms with Crippen LogP contribution in [-0.4, -0.2) is 40.7 Å². The first-order valence-electron chi connectivity index (χ1n) is 7.53. The van der Waals surface area contributed by atoms with Crippen molar-refractivity contribution in [3.63, 3.8) is 0 Å². The predicted octanol–water partition coefficient (Wildman–Crippen LogP) is 2.35. The summed E-state index contributed by atoms with van der Waals surface area (Å²) in [7, 11) is 2.04. The van der Waals surface area contributed by atoms with Crippen LogP contribution in [-0.2, 0) is 6.54 Å². The van der Waals surface area contributed by atoms with Gasteiger partial charge in [-0.1, -0.05) is 13.8 Å². The lowest BCUT2D eigenvalue weighted by Crippen LogP contribution is -2.25. The number of thiazole rings is 1. The van der Waals surface area contributed by atoms with Crippen molar-refractivity contribution in [3.05, 3.63) is 17.3 Å². The first kappa shape index (κ1) is 16.3. The molecule has 1 unspecified atom stereocenters. The quantitative estimate of drug-likeness (QED) is 0.786. The molecule has 6 heteroatoms. The van der Waals surface area contributed by atoms with E-state index in [0.717, 1.165) is 36.8 Å². The van der Waals surface area contributed by atoms with Crippen molar-refractivity contribution in [1.29, 1.82) is 0 Å². The van der Waals surface area contributed by atoms with Crippen LogP contribution in [0.1, 0.15) is 32.9 Å². The van der Waals surface area contributed by atoms with Gasteiger partial charge in [0.25, 0.3) is 0 Å². The second kappa shape index (κ2) is 7.24. The van der Waals surface area contributed by atoms with Crippen LogP contribution in [0.2, 0.25) is 0 Å². The van der Waals surface area contributed by atoms with E-state index in [1.165, 1.54) is 5.69 Å². The number of hydrogen-bond donors (Lipinski definition) is 2. The maximum atomic E-state index is 9.46. The molecular weight excluding hydrogens is 284 g/mol. The monoisotopic (exact) mass is 310 g/mol. The molecule has 1 atom stereocenters. The zero-order chi connectivity index (χ0) is 15.4. The van der Waals surface area contributed by atoms with Crippen molar-refractivity contribution in [3.8, 4) is 0 Å². The standard InChI is InChI=1S/C15H26N4OS/c1-11(2)9-16-10-13-14(18(4)6-5-12(3)20)17-15-19(13)7-8-21-15/h7-8,11-12,16,20H,5-6,9-10H2,1-4H3. The molecule has 2 N–H and O–H groups in total. The molecule has 0 bridgehead atoms. The molecule has 21 heavy (non-hydrogen) atoms. The van der Waals surface area contributed by atoms with E-state index < -0.39 is 0 Å². The molecule has 5 nitrogen and oxygen atoms in total. The van der Waals surface area contributed by atoms with E-state index in [1.807, 2.05) is 14.0 Å². The van der Waals surface area contributed by atoms with Crippen molar-refractivity contribution >= 4 is 22.1 Å². The molecule has 0 saturated carbocycles. The molecule has 2 aromatic heterocycles. The molecule has 0 fully saturated rings. The third-order valence-electron chi connectivity index (χ3n) is 3.43. The SMILES string of the molecule is CC(C)CNCc1c(N(C)CCC(C)O)nc2sccn12. The number of rotatable bonds is 8. The maximum absolute atomic E-state index is 9.46. The summed E-state index contributed by atoms with van der Waals surface area (Å²) < 4.78 is 2.16. The largest absolute Gasteiger partial charge is 0.393 e. The minimum atomic E-state index is -0.279. The van der Waals surface area contributed by atoms with Crippen molar-refractivity contribution in [2.45, 2.75) is 39.8 Å². The normalized spacial score (nSPS) is 13.2. The van der Waals surface area contributed by atoms with Gasteiger partial charge in [0.15, 0.2) is 10.8 Å². The zero-order valence-corrected chi connectivity index (χ0v) is 14.2. The van der Waals surface area contributed by atoms with E-state index in [1.54, 1.807) is 11.3 Å². The van der Waals surface area contributed by atoms with Gasteiger partial charge in [0, 0.05) is 31.7 Å². The Labute approximate surface area is 130 Å². The lowest BCUT2D eigenvalue weighted by molar-refractivity contribution is 0.187. The number of anilines is 1. The lowest BCUT2D eigenvalue weighted by atomic mass is 10.2. The highest BCUT2D eigenvalue weighted by molar-refractivity contribution is 7.15. The number of nitrogens with zero attached hydrogens (tertiary/aromatic N) is 3. The van der Waals surface area contributed by atoms with Crippen LogP contribution >= 0.6 is 11.3 Å². The van der Waals surface area contributed by atoms with Crippen molar-refractivity contribution < 1.29 is 5.11 Å². The smallest absolute Gasteiger partial charge is 0.195 e. The summed E-state index contributed by atoms with van der Waals surface area (Å²) >= 11 is 1.65. The van der Waals surface area contributed by atoms with Gasteiger partial charge in [-0.2, -0.15) is 0 Å². The summed E-state index contributed by atoms with van der Waals surface area (Å²) in [5.41, 5.74) is 1.19. The highest BCUT2D eigenvalue weighted by Gasteiger charge is 2.16. The molecule has 0 aliphatic carbocycles. The third-order valence-corrected chi connectivity index (χ3v) is 4.19. The summed E-state index contributed by atoms with van der Waals surface area (Å²) in [6.07, 6.45) is 2.55. The Morgan fingerprint density at radius 3 is 2.86 bits per heavy atom. The fourth-order valence-electron chi connectivity index (χ4n) is 2.26. The van der Waals surface area contributed by atoms with Crippen molar-refractivity contribution in [1.82, 2.24) is 14.7 Å². The molecule has 2 rings (SSSR count). The summed E-state index contributed by atoms with van der Waals surface area (Å²) in [5, 5.41) is 15.0. The number of hydrogen-bond acceptors (Lipinski definition) is 5. The molecule has 0 aromatic carbocycles. The number of fused-ring (bicyclic) bond motifs is 1. The summed E-state index contributed by atoms with van der Waals surface area (Å²) in [4.78, 5) is 7.90. The van der Waals surface area contributed by atoms with E-state index in [-0.39, 0.29) is 6.10 Å². The first-order valence-corrected chi connectivity index (χ1v) is 8.41. The topological polar surface area (TPSA) is 52.8 Å². The predicted molar refractivity (Wildman–Crippen MR) is 89.2 cm³/mol.